The number of halogens is 1. The van der Waals surface area contributed by atoms with Crippen LogP contribution in [0.5, 0.6) is 0 Å². The van der Waals surface area contributed by atoms with Gasteiger partial charge in [0.25, 0.3) is 0 Å². The number of esters is 1. The van der Waals surface area contributed by atoms with Gasteiger partial charge in [-0.2, -0.15) is 0 Å². The molecule has 0 aliphatic carbocycles. The van der Waals surface area contributed by atoms with Crippen molar-refractivity contribution >= 4 is 27.6 Å². The average molecular weight is 334 g/mol. The first-order valence-corrected chi connectivity index (χ1v) is 7.05. The zero-order chi connectivity index (χ0) is 14.7. The van der Waals surface area contributed by atoms with Crippen LogP contribution in [0, 0.1) is 13.8 Å². The van der Waals surface area contributed by atoms with Crippen LogP contribution < -0.4 is 5.73 Å². The highest BCUT2D eigenvalue weighted by Crippen LogP contribution is 2.21. The molecule has 0 aliphatic rings. The zero-order valence-electron chi connectivity index (χ0n) is 11.4. The van der Waals surface area contributed by atoms with Crippen molar-refractivity contribution in [2.45, 2.75) is 20.5 Å². The number of hydrogen-bond acceptors (Lipinski definition) is 3. The maximum absolute atomic E-state index is 12.2. The van der Waals surface area contributed by atoms with Gasteiger partial charge in [0.05, 0.1) is 5.56 Å². The molecule has 0 bridgehead atoms. The normalized spacial score (nSPS) is 10.3. The quantitative estimate of drug-likeness (QED) is 0.682. The number of carbonyl (C=O) groups excluding carboxylic acids is 1. The largest absolute Gasteiger partial charge is 0.457 e. The zero-order valence-corrected chi connectivity index (χ0v) is 13.0. The van der Waals surface area contributed by atoms with Gasteiger partial charge in [0.2, 0.25) is 0 Å². The minimum absolute atomic E-state index is 0.230. The van der Waals surface area contributed by atoms with Crippen molar-refractivity contribution in [2.75, 3.05) is 5.73 Å². The van der Waals surface area contributed by atoms with Crippen LogP contribution in [0.3, 0.4) is 0 Å². The molecule has 0 heterocycles. The van der Waals surface area contributed by atoms with Crippen molar-refractivity contribution in [1.29, 1.82) is 0 Å². The maximum atomic E-state index is 12.2. The van der Waals surface area contributed by atoms with Crippen LogP contribution in [0.15, 0.2) is 40.9 Å². The highest BCUT2D eigenvalue weighted by Gasteiger charge is 2.13. The van der Waals surface area contributed by atoms with Gasteiger partial charge in [0, 0.05) is 15.7 Å². The van der Waals surface area contributed by atoms with Crippen molar-refractivity contribution < 1.29 is 9.53 Å². The predicted molar refractivity (Wildman–Crippen MR) is 83.6 cm³/mol. The minimum Gasteiger partial charge on any atom is -0.457 e. The summed E-state index contributed by atoms with van der Waals surface area (Å²) in [5, 5.41) is 0. The van der Waals surface area contributed by atoms with Gasteiger partial charge >= 0.3 is 5.97 Å². The number of benzene rings is 2. The molecule has 0 amide bonds. The summed E-state index contributed by atoms with van der Waals surface area (Å²) in [5.74, 6) is -0.353. The summed E-state index contributed by atoms with van der Waals surface area (Å²) in [6.07, 6.45) is 0. The van der Waals surface area contributed by atoms with Crippen LogP contribution >= 0.6 is 15.9 Å². The predicted octanol–water partition coefficient (Wildman–Crippen LogP) is 4.01. The molecule has 2 aromatic rings. The Balaban J connectivity index is 2.15. The molecule has 2 rings (SSSR count). The van der Waals surface area contributed by atoms with Crippen molar-refractivity contribution in [1.82, 2.24) is 0 Å². The number of anilines is 1. The van der Waals surface area contributed by atoms with E-state index in [9.17, 15) is 4.79 Å². The van der Waals surface area contributed by atoms with Gasteiger partial charge < -0.3 is 10.5 Å². The monoisotopic (exact) mass is 333 g/mol. The number of nitrogens with two attached hydrogens (primary N) is 1. The van der Waals surface area contributed by atoms with E-state index in [1.807, 2.05) is 44.2 Å². The molecular weight excluding hydrogens is 318 g/mol. The van der Waals surface area contributed by atoms with Crippen molar-refractivity contribution in [3.63, 3.8) is 0 Å². The molecule has 20 heavy (non-hydrogen) atoms. The number of carbonyl (C=O) groups is 1. The molecule has 4 heteroatoms. The molecule has 0 aromatic heterocycles. The summed E-state index contributed by atoms with van der Waals surface area (Å²) < 4.78 is 6.29. The maximum Gasteiger partial charge on any atom is 0.338 e. The van der Waals surface area contributed by atoms with E-state index >= 15 is 0 Å². The summed E-state index contributed by atoms with van der Waals surface area (Å²) in [7, 11) is 0. The summed E-state index contributed by atoms with van der Waals surface area (Å²) in [5.41, 5.74) is 9.69. The number of ether oxygens (including phenoxy) is 1. The van der Waals surface area contributed by atoms with Crippen LogP contribution in [0.1, 0.15) is 27.0 Å². The summed E-state index contributed by atoms with van der Waals surface area (Å²) >= 11 is 3.43. The Morgan fingerprint density at radius 2 is 1.95 bits per heavy atom. The molecule has 2 aromatic carbocycles. The van der Waals surface area contributed by atoms with Gasteiger partial charge in [-0.05, 0) is 43.2 Å². The molecule has 0 atom stereocenters. The molecule has 0 saturated heterocycles. The van der Waals surface area contributed by atoms with Crippen molar-refractivity contribution in [2.24, 2.45) is 0 Å². The standard InChI is InChI=1S/C16H16BrNO2/c1-10-7-13(18)8-14(11(10)2)16(19)20-9-12-5-3-4-6-15(12)17/h3-8H,9,18H2,1-2H3. The van der Waals surface area contributed by atoms with Gasteiger partial charge in [-0.1, -0.05) is 34.1 Å². The highest BCUT2D eigenvalue weighted by molar-refractivity contribution is 9.10. The topological polar surface area (TPSA) is 52.3 Å². The molecule has 104 valence electrons. The van der Waals surface area contributed by atoms with E-state index in [-0.39, 0.29) is 12.6 Å². The van der Waals surface area contributed by atoms with Crippen LogP contribution in [-0.4, -0.2) is 5.97 Å². The van der Waals surface area contributed by atoms with Gasteiger partial charge in [-0.3, -0.25) is 0 Å². The molecule has 0 fully saturated rings. The van der Waals surface area contributed by atoms with E-state index in [0.29, 0.717) is 11.3 Å². The molecule has 0 aliphatic heterocycles. The Morgan fingerprint density at radius 1 is 1.25 bits per heavy atom. The van der Waals surface area contributed by atoms with Gasteiger partial charge in [0.15, 0.2) is 0 Å². The fraction of sp³-hybridized carbons (Fsp3) is 0.188. The number of nitrogen functional groups attached to an aromatic ring is 1. The third-order valence-corrected chi connectivity index (χ3v) is 4.00. The lowest BCUT2D eigenvalue weighted by Gasteiger charge is -2.11. The van der Waals surface area contributed by atoms with E-state index in [2.05, 4.69) is 15.9 Å². The lowest BCUT2D eigenvalue weighted by Crippen LogP contribution is -2.09. The Bertz CT molecular complexity index is 653. The molecule has 0 spiro atoms. The molecular formula is C16H16BrNO2. The summed E-state index contributed by atoms with van der Waals surface area (Å²) in [6.45, 7) is 4.05. The van der Waals surface area contributed by atoms with E-state index in [4.69, 9.17) is 10.5 Å². The van der Waals surface area contributed by atoms with Crippen molar-refractivity contribution in [3.05, 3.63) is 63.1 Å². The molecule has 3 nitrogen and oxygen atoms in total. The number of rotatable bonds is 3. The smallest absolute Gasteiger partial charge is 0.338 e. The van der Waals surface area contributed by atoms with Crippen LogP contribution in [-0.2, 0) is 11.3 Å². The van der Waals surface area contributed by atoms with Crippen LogP contribution in [0.4, 0.5) is 5.69 Å². The third-order valence-electron chi connectivity index (χ3n) is 3.23. The SMILES string of the molecule is Cc1cc(N)cc(C(=O)OCc2ccccc2Br)c1C. The Labute approximate surface area is 126 Å². The molecule has 0 unspecified atom stereocenters. The fourth-order valence-corrected chi connectivity index (χ4v) is 2.34. The third kappa shape index (κ3) is 3.20. The summed E-state index contributed by atoms with van der Waals surface area (Å²) in [4.78, 5) is 12.2. The Hall–Kier alpha value is -1.81. The highest BCUT2D eigenvalue weighted by atomic mass is 79.9. The first kappa shape index (κ1) is 14.6. The number of hydrogen-bond donors (Lipinski definition) is 1. The van der Waals surface area contributed by atoms with E-state index < -0.39 is 0 Å². The van der Waals surface area contributed by atoms with Crippen LogP contribution in [0.25, 0.3) is 0 Å². The Kier molecular flexibility index (Phi) is 4.45. The second-order valence-electron chi connectivity index (χ2n) is 4.68. The second-order valence-corrected chi connectivity index (χ2v) is 5.53. The van der Waals surface area contributed by atoms with Gasteiger partial charge in [-0.25, -0.2) is 4.79 Å². The molecule has 0 radical (unpaired) electrons. The second kappa shape index (κ2) is 6.09. The van der Waals surface area contributed by atoms with Crippen LogP contribution in [0.2, 0.25) is 0 Å². The molecule has 2 N–H and O–H groups in total. The Morgan fingerprint density at radius 3 is 2.65 bits per heavy atom. The van der Waals surface area contributed by atoms with Crippen molar-refractivity contribution in [3.8, 4) is 0 Å². The van der Waals surface area contributed by atoms with E-state index in [0.717, 1.165) is 21.2 Å². The first-order chi connectivity index (χ1) is 9.49. The fourth-order valence-electron chi connectivity index (χ4n) is 1.94. The van der Waals surface area contributed by atoms with E-state index in [1.54, 1.807) is 6.07 Å². The molecule has 0 saturated carbocycles. The summed E-state index contributed by atoms with van der Waals surface area (Å²) in [6, 6.07) is 11.2. The average Bonchev–Trinajstić information content (AvgIpc) is 2.41. The minimum atomic E-state index is -0.353. The lowest BCUT2D eigenvalue weighted by molar-refractivity contribution is 0.0471. The van der Waals surface area contributed by atoms with E-state index in [1.165, 1.54) is 0 Å². The lowest BCUT2D eigenvalue weighted by atomic mass is 10.0. The number of aryl methyl sites for hydroxylation is 1. The van der Waals surface area contributed by atoms with Gasteiger partial charge in [0.1, 0.15) is 6.61 Å². The first-order valence-electron chi connectivity index (χ1n) is 6.26. The van der Waals surface area contributed by atoms with Gasteiger partial charge in [-0.15, -0.1) is 0 Å².